The molecule has 0 aromatic heterocycles. The minimum Gasteiger partial charge on any atom is -0.316 e. The Balaban J connectivity index is 2.26. The molecule has 0 radical (unpaired) electrons. The number of benzene rings is 1. The molecule has 0 amide bonds. The lowest BCUT2D eigenvalue weighted by Gasteiger charge is -2.34. The maximum Gasteiger partial charge on any atom is 0.140 e. The van der Waals surface area contributed by atoms with Gasteiger partial charge in [0.25, 0.3) is 0 Å². The van der Waals surface area contributed by atoms with Crippen molar-refractivity contribution in [2.75, 3.05) is 13.1 Å². The van der Waals surface area contributed by atoms with Gasteiger partial charge in [0.2, 0.25) is 0 Å². The van der Waals surface area contributed by atoms with E-state index >= 15 is 0 Å². The van der Waals surface area contributed by atoms with Gasteiger partial charge < -0.3 is 5.32 Å². The van der Waals surface area contributed by atoms with Gasteiger partial charge in [0.1, 0.15) is 11.5 Å². The van der Waals surface area contributed by atoms with Crippen molar-refractivity contribution in [1.29, 1.82) is 0 Å². The van der Waals surface area contributed by atoms with Crippen LogP contribution in [0.4, 0.5) is 8.78 Å². The van der Waals surface area contributed by atoms with Gasteiger partial charge in [-0.05, 0) is 32.4 Å². The van der Waals surface area contributed by atoms with Gasteiger partial charge >= 0.3 is 0 Å². The summed E-state index contributed by atoms with van der Waals surface area (Å²) in [6, 6.07) is 6.15. The number of rotatable bonds is 2. The van der Waals surface area contributed by atoms with E-state index in [9.17, 15) is 8.78 Å². The third kappa shape index (κ3) is 2.09. The van der Waals surface area contributed by atoms with Gasteiger partial charge in [0, 0.05) is 18.0 Å². The van der Waals surface area contributed by atoms with Crippen molar-refractivity contribution in [2.45, 2.75) is 25.4 Å². The number of alkyl halides is 1. The molecule has 1 nitrogen and oxygen atoms in total. The van der Waals surface area contributed by atoms with Crippen LogP contribution in [-0.4, -0.2) is 13.1 Å². The maximum absolute atomic E-state index is 14.7. The average molecular weight is 225 g/mol. The predicted molar refractivity (Wildman–Crippen MR) is 60.5 cm³/mol. The molecule has 1 aromatic carbocycles. The van der Waals surface area contributed by atoms with Crippen molar-refractivity contribution in [3.63, 3.8) is 0 Å². The zero-order valence-electron chi connectivity index (χ0n) is 9.47. The van der Waals surface area contributed by atoms with Gasteiger partial charge in [-0.15, -0.1) is 0 Å². The molecule has 1 aliphatic heterocycles. The molecule has 3 heteroatoms. The van der Waals surface area contributed by atoms with Crippen molar-refractivity contribution < 1.29 is 8.78 Å². The molecular weight excluding hydrogens is 208 g/mol. The van der Waals surface area contributed by atoms with Crippen molar-refractivity contribution in [3.8, 4) is 0 Å². The second kappa shape index (κ2) is 4.50. The van der Waals surface area contributed by atoms with Gasteiger partial charge in [-0.1, -0.05) is 18.2 Å². The summed E-state index contributed by atoms with van der Waals surface area (Å²) in [6.07, 6.45) is 1.77. The topological polar surface area (TPSA) is 12.0 Å². The number of piperidine rings is 1. The molecule has 2 unspecified atom stereocenters. The van der Waals surface area contributed by atoms with E-state index in [1.165, 1.54) is 13.0 Å². The fraction of sp³-hybridized carbons (Fsp3) is 0.538. The fourth-order valence-corrected chi connectivity index (χ4v) is 2.39. The Morgan fingerprint density at radius 3 is 2.75 bits per heavy atom. The Hall–Kier alpha value is -0.960. The standard InChI is InChI=1S/C13H17F2N/c1-13(15,10-5-4-8-16-9-10)11-6-2-3-7-12(11)14/h2-3,6-7,10,16H,4-5,8-9H2,1H3. The van der Waals surface area contributed by atoms with Gasteiger partial charge in [-0.2, -0.15) is 0 Å². The first-order valence-electron chi connectivity index (χ1n) is 5.77. The first-order chi connectivity index (χ1) is 7.62. The van der Waals surface area contributed by atoms with Gasteiger partial charge in [-0.25, -0.2) is 8.78 Å². The second-order valence-corrected chi connectivity index (χ2v) is 4.60. The highest BCUT2D eigenvalue weighted by atomic mass is 19.1. The molecule has 16 heavy (non-hydrogen) atoms. The highest BCUT2D eigenvalue weighted by Gasteiger charge is 2.38. The largest absolute Gasteiger partial charge is 0.316 e. The van der Waals surface area contributed by atoms with Crippen LogP contribution >= 0.6 is 0 Å². The van der Waals surface area contributed by atoms with Crippen LogP contribution in [0.5, 0.6) is 0 Å². The molecule has 1 aromatic rings. The Labute approximate surface area is 94.9 Å². The van der Waals surface area contributed by atoms with Crippen LogP contribution in [0.2, 0.25) is 0 Å². The summed E-state index contributed by atoms with van der Waals surface area (Å²) in [5.41, 5.74) is -1.40. The number of halogens is 2. The Bertz CT molecular complexity index is 357. The van der Waals surface area contributed by atoms with Crippen LogP contribution in [0.1, 0.15) is 25.3 Å². The molecule has 0 spiro atoms. The minimum atomic E-state index is -1.58. The molecule has 2 rings (SSSR count). The van der Waals surface area contributed by atoms with Crippen LogP contribution in [0.15, 0.2) is 24.3 Å². The molecule has 2 atom stereocenters. The summed E-state index contributed by atoms with van der Waals surface area (Å²) in [7, 11) is 0. The summed E-state index contributed by atoms with van der Waals surface area (Å²) >= 11 is 0. The van der Waals surface area contributed by atoms with E-state index < -0.39 is 11.5 Å². The lowest BCUT2D eigenvalue weighted by Crippen LogP contribution is -2.40. The molecule has 1 N–H and O–H groups in total. The molecule has 0 bridgehead atoms. The lowest BCUT2D eigenvalue weighted by atomic mass is 9.80. The summed E-state index contributed by atoms with van der Waals surface area (Å²) in [6.45, 7) is 3.05. The number of nitrogens with one attached hydrogen (secondary N) is 1. The first-order valence-corrected chi connectivity index (χ1v) is 5.77. The van der Waals surface area contributed by atoms with Crippen LogP contribution in [0.3, 0.4) is 0 Å². The molecule has 1 aliphatic rings. The van der Waals surface area contributed by atoms with Gasteiger partial charge in [0.05, 0.1) is 0 Å². The Kier molecular flexibility index (Phi) is 3.24. The molecule has 0 aliphatic carbocycles. The van der Waals surface area contributed by atoms with Crippen LogP contribution in [0, 0.1) is 11.7 Å². The van der Waals surface area contributed by atoms with Crippen LogP contribution in [-0.2, 0) is 5.67 Å². The molecule has 88 valence electrons. The fourth-order valence-electron chi connectivity index (χ4n) is 2.39. The SMILES string of the molecule is CC(F)(c1ccccc1F)C1CCCNC1. The quantitative estimate of drug-likeness (QED) is 0.815. The summed E-state index contributed by atoms with van der Waals surface area (Å²) in [5, 5.41) is 3.17. The first kappa shape index (κ1) is 11.5. The molecule has 1 fully saturated rings. The van der Waals surface area contributed by atoms with Crippen molar-refractivity contribution >= 4 is 0 Å². The highest BCUT2D eigenvalue weighted by molar-refractivity contribution is 5.25. The van der Waals surface area contributed by atoms with Crippen molar-refractivity contribution in [1.82, 2.24) is 5.32 Å². The van der Waals surface area contributed by atoms with Crippen molar-refractivity contribution in [2.24, 2.45) is 5.92 Å². The number of hydrogen-bond acceptors (Lipinski definition) is 1. The molecule has 0 saturated carbocycles. The normalized spacial score (nSPS) is 25.1. The van der Waals surface area contributed by atoms with Crippen LogP contribution in [0.25, 0.3) is 0 Å². The third-order valence-electron chi connectivity index (χ3n) is 3.46. The van der Waals surface area contributed by atoms with E-state index in [1.54, 1.807) is 18.2 Å². The van der Waals surface area contributed by atoms with E-state index in [4.69, 9.17) is 0 Å². The monoisotopic (exact) mass is 225 g/mol. The number of hydrogen-bond donors (Lipinski definition) is 1. The molecular formula is C13H17F2N. The summed E-state index contributed by atoms with van der Waals surface area (Å²) in [4.78, 5) is 0. The summed E-state index contributed by atoms with van der Waals surface area (Å²) in [5.74, 6) is -0.587. The average Bonchev–Trinajstić information content (AvgIpc) is 2.30. The third-order valence-corrected chi connectivity index (χ3v) is 3.46. The van der Waals surface area contributed by atoms with Crippen molar-refractivity contribution in [3.05, 3.63) is 35.6 Å². The van der Waals surface area contributed by atoms with E-state index in [1.807, 2.05) is 0 Å². The van der Waals surface area contributed by atoms with E-state index in [0.29, 0.717) is 6.54 Å². The highest BCUT2D eigenvalue weighted by Crippen LogP contribution is 2.38. The zero-order chi connectivity index (χ0) is 11.6. The Morgan fingerprint density at radius 1 is 1.38 bits per heavy atom. The Morgan fingerprint density at radius 2 is 2.12 bits per heavy atom. The maximum atomic E-state index is 14.7. The lowest BCUT2D eigenvalue weighted by molar-refractivity contribution is 0.0772. The van der Waals surface area contributed by atoms with E-state index in [0.717, 1.165) is 19.4 Å². The van der Waals surface area contributed by atoms with E-state index in [-0.39, 0.29) is 11.5 Å². The second-order valence-electron chi connectivity index (χ2n) is 4.60. The molecule has 1 saturated heterocycles. The van der Waals surface area contributed by atoms with Crippen LogP contribution < -0.4 is 5.32 Å². The zero-order valence-corrected chi connectivity index (χ0v) is 9.47. The van der Waals surface area contributed by atoms with Gasteiger partial charge in [-0.3, -0.25) is 0 Å². The molecule has 1 heterocycles. The summed E-state index contributed by atoms with van der Waals surface area (Å²) < 4.78 is 28.3. The predicted octanol–water partition coefficient (Wildman–Crippen LogP) is 3.01. The smallest absolute Gasteiger partial charge is 0.140 e. The minimum absolute atomic E-state index is 0.141. The van der Waals surface area contributed by atoms with E-state index in [2.05, 4.69) is 5.32 Å². The van der Waals surface area contributed by atoms with Gasteiger partial charge in [0.15, 0.2) is 0 Å².